The van der Waals surface area contributed by atoms with Crippen LogP contribution in [0.4, 0.5) is 0 Å². The number of hydrogen-bond acceptors (Lipinski definition) is 0. The van der Waals surface area contributed by atoms with Gasteiger partial charge in [0, 0.05) is 0 Å². The lowest BCUT2D eigenvalue weighted by atomic mass is 9.92. The minimum Gasteiger partial charge on any atom is -0.0654 e. The second-order valence-corrected chi connectivity index (χ2v) is 14.5. The molecule has 40 heavy (non-hydrogen) atoms. The van der Waals surface area contributed by atoms with Crippen LogP contribution < -0.4 is 0 Å². The van der Waals surface area contributed by atoms with Crippen LogP contribution >= 0.6 is 0 Å². The molecule has 0 heteroatoms. The van der Waals surface area contributed by atoms with E-state index in [9.17, 15) is 0 Å². The summed E-state index contributed by atoms with van der Waals surface area (Å²) in [5, 5.41) is 0. The molecule has 242 valence electrons. The average Bonchev–Trinajstić information content (AvgIpc) is 2.94. The Labute approximate surface area is 257 Å². The SMILES string of the molecule is CCCCCCCCCCCCCCC(C)CCCC(C)CCCCCCCC(C)CCCCCCCCCC. The standard InChI is InChI=1S/C40H82/c1-6-8-10-12-14-16-17-18-19-21-24-28-34-39(4)36-31-37-40(5)35-30-26-22-25-29-33-38(3)32-27-23-20-15-13-11-9-7-2/h38-40H,6-37H2,1-5H3. The van der Waals surface area contributed by atoms with Crippen LogP contribution in [0.1, 0.15) is 240 Å². The molecule has 0 aliphatic rings. The van der Waals surface area contributed by atoms with E-state index >= 15 is 0 Å². The van der Waals surface area contributed by atoms with E-state index in [1.54, 1.807) is 0 Å². The van der Waals surface area contributed by atoms with Crippen molar-refractivity contribution in [3.63, 3.8) is 0 Å². The number of rotatable bonds is 34. The van der Waals surface area contributed by atoms with E-state index in [1.165, 1.54) is 205 Å². The van der Waals surface area contributed by atoms with Gasteiger partial charge in [0.15, 0.2) is 0 Å². The van der Waals surface area contributed by atoms with Gasteiger partial charge in [0.25, 0.3) is 0 Å². The second kappa shape index (κ2) is 33.5. The Hall–Kier alpha value is 0. The van der Waals surface area contributed by atoms with E-state index in [0.717, 1.165) is 17.8 Å². The van der Waals surface area contributed by atoms with Crippen molar-refractivity contribution in [2.24, 2.45) is 17.8 Å². The summed E-state index contributed by atoms with van der Waals surface area (Å²) in [7, 11) is 0. The molecule has 0 nitrogen and oxygen atoms in total. The van der Waals surface area contributed by atoms with Gasteiger partial charge in [-0.3, -0.25) is 0 Å². The highest BCUT2D eigenvalue weighted by atomic mass is 14.1. The summed E-state index contributed by atoms with van der Waals surface area (Å²) in [6.07, 6.45) is 47.0. The molecule has 0 aromatic carbocycles. The van der Waals surface area contributed by atoms with Crippen molar-refractivity contribution in [3.8, 4) is 0 Å². The predicted molar refractivity (Wildman–Crippen MR) is 187 cm³/mol. The van der Waals surface area contributed by atoms with Crippen molar-refractivity contribution in [3.05, 3.63) is 0 Å². The Morgan fingerprint density at radius 1 is 0.225 bits per heavy atom. The molecule has 0 aliphatic carbocycles. The Kier molecular flexibility index (Phi) is 33.5. The first-order chi connectivity index (χ1) is 19.6. The Bertz CT molecular complexity index is 439. The number of unbranched alkanes of at least 4 members (excludes halogenated alkanes) is 22. The van der Waals surface area contributed by atoms with E-state index in [4.69, 9.17) is 0 Å². The fraction of sp³-hybridized carbons (Fsp3) is 1.00. The summed E-state index contributed by atoms with van der Waals surface area (Å²) in [6, 6.07) is 0. The van der Waals surface area contributed by atoms with Gasteiger partial charge in [0.1, 0.15) is 0 Å². The van der Waals surface area contributed by atoms with Crippen LogP contribution in [0.2, 0.25) is 0 Å². The van der Waals surface area contributed by atoms with Gasteiger partial charge in [-0.1, -0.05) is 240 Å². The lowest BCUT2D eigenvalue weighted by Gasteiger charge is -2.14. The second-order valence-electron chi connectivity index (χ2n) is 14.5. The zero-order valence-electron chi connectivity index (χ0n) is 29.4. The largest absolute Gasteiger partial charge is 0.0654 e. The molecule has 0 aliphatic heterocycles. The molecular formula is C40H82. The smallest absolute Gasteiger partial charge is 0.0443 e. The molecule has 0 radical (unpaired) electrons. The van der Waals surface area contributed by atoms with Crippen molar-refractivity contribution in [2.45, 2.75) is 240 Å². The van der Waals surface area contributed by atoms with Crippen LogP contribution in [0.15, 0.2) is 0 Å². The van der Waals surface area contributed by atoms with E-state index in [2.05, 4.69) is 34.6 Å². The molecular weight excluding hydrogens is 480 g/mol. The van der Waals surface area contributed by atoms with Gasteiger partial charge in [-0.2, -0.15) is 0 Å². The summed E-state index contributed by atoms with van der Waals surface area (Å²) >= 11 is 0. The Balaban J connectivity index is 3.34. The van der Waals surface area contributed by atoms with Crippen molar-refractivity contribution >= 4 is 0 Å². The van der Waals surface area contributed by atoms with E-state index in [1.807, 2.05) is 0 Å². The molecule has 0 aromatic rings. The molecule has 3 atom stereocenters. The molecule has 0 saturated carbocycles. The molecule has 0 saturated heterocycles. The van der Waals surface area contributed by atoms with Gasteiger partial charge in [-0.25, -0.2) is 0 Å². The van der Waals surface area contributed by atoms with Gasteiger partial charge in [0.2, 0.25) is 0 Å². The minimum absolute atomic E-state index is 0.950. The van der Waals surface area contributed by atoms with Crippen LogP contribution in [0.25, 0.3) is 0 Å². The quantitative estimate of drug-likeness (QED) is 0.0684. The third kappa shape index (κ3) is 32.5. The maximum atomic E-state index is 2.52. The predicted octanol–water partition coefficient (Wildman–Crippen LogP) is 15.4. The highest BCUT2D eigenvalue weighted by molar-refractivity contribution is 4.60. The lowest BCUT2D eigenvalue weighted by molar-refractivity contribution is 0.389. The maximum Gasteiger partial charge on any atom is -0.0443 e. The van der Waals surface area contributed by atoms with Crippen molar-refractivity contribution in [1.82, 2.24) is 0 Å². The van der Waals surface area contributed by atoms with Gasteiger partial charge < -0.3 is 0 Å². The van der Waals surface area contributed by atoms with E-state index in [0.29, 0.717) is 0 Å². The molecule has 0 amide bonds. The highest BCUT2D eigenvalue weighted by Crippen LogP contribution is 2.23. The third-order valence-electron chi connectivity index (χ3n) is 9.89. The topological polar surface area (TPSA) is 0 Å². The first-order valence-electron chi connectivity index (χ1n) is 19.6. The molecule has 0 aromatic heterocycles. The molecule has 0 N–H and O–H groups in total. The van der Waals surface area contributed by atoms with Crippen LogP contribution in [0.5, 0.6) is 0 Å². The normalized spacial score (nSPS) is 14.0. The van der Waals surface area contributed by atoms with Gasteiger partial charge in [0.05, 0.1) is 0 Å². The minimum atomic E-state index is 0.950. The van der Waals surface area contributed by atoms with Crippen molar-refractivity contribution in [2.75, 3.05) is 0 Å². The first kappa shape index (κ1) is 40.0. The first-order valence-corrected chi connectivity index (χ1v) is 19.6. The van der Waals surface area contributed by atoms with Crippen LogP contribution in [0.3, 0.4) is 0 Å². The van der Waals surface area contributed by atoms with Crippen molar-refractivity contribution in [1.29, 1.82) is 0 Å². The fourth-order valence-electron chi connectivity index (χ4n) is 6.72. The average molecular weight is 563 g/mol. The zero-order chi connectivity index (χ0) is 29.4. The molecule has 3 unspecified atom stereocenters. The lowest BCUT2D eigenvalue weighted by Crippen LogP contribution is -1.99. The summed E-state index contributed by atoms with van der Waals surface area (Å²) < 4.78 is 0. The summed E-state index contributed by atoms with van der Waals surface area (Å²) in [6.45, 7) is 12.2. The Morgan fingerprint density at radius 3 is 0.625 bits per heavy atom. The summed E-state index contributed by atoms with van der Waals surface area (Å²) in [4.78, 5) is 0. The third-order valence-corrected chi connectivity index (χ3v) is 9.89. The molecule has 0 heterocycles. The summed E-state index contributed by atoms with van der Waals surface area (Å²) in [5.74, 6) is 2.86. The van der Waals surface area contributed by atoms with E-state index < -0.39 is 0 Å². The van der Waals surface area contributed by atoms with Crippen LogP contribution in [0, 0.1) is 17.8 Å². The zero-order valence-corrected chi connectivity index (χ0v) is 29.4. The van der Waals surface area contributed by atoms with Gasteiger partial charge in [-0.15, -0.1) is 0 Å². The molecule has 0 spiro atoms. The van der Waals surface area contributed by atoms with Crippen molar-refractivity contribution < 1.29 is 0 Å². The Morgan fingerprint density at radius 2 is 0.400 bits per heavy atom. The summed E-state index contributed by atoms with van der Waals surface area (Å²) in [5.41, 5.74) is 0. The molecule has 0 rings (SSSR count). The van der Waals surface area contributed by atoms with Gasteiger partial charge >= 0.3 is 0 Å². The van der Waals surface area contributed by atoms with Crippen LogP contribution in [-0.4, -0.2) is 0 Å². The van der Waals surface area contributed by atoms with Gasteiger partial charge in [-0.05, 0) is 17.8 Å². The van der Waals surface area contributed by atoms with Crippen LogP contribution in [-0.2, 0) is 0 Å². The fourth-order valence-corrected chi connectivity index (χ4v) is 6.72. The van der Waals surface area contributed by atoms with E-state index in [-0.39, 0.29) is 0 Å². The maximum absolute atomic E-state index is 2.52. The molecule has 0 fully saturated rings. The molecule has 0 bridgehead atoms. The monoisotopic (exact) mass is 563 g/mol. The highest BCUT2D eigenvalue weighted by Gasteiger charge is 2.07. The number of hydrogen-bond donors (Lipinski definition) is 0.